The molecule has 9 heteroatoms. The smallest absolute Gasteiger partial charge is 0.180 e. The largest absolute Gasteiger partial charge is 0.379 e. The highest BCUT2D eigenvalue weighted by atomic mass is 35.5. The van der Waals surface area contributed by atoms with Gasteiger partial charge in [0.2, 0.25) is 0 Å². The van der Waals surface area contributed by atoms with Crippen LogP contribution in [-0.4, -0.2) is 44.2 Å². The number of allylic oxidation sites excluding steroid dienone is 2. The number of nitrogens with zero attached hydrogens (tertiary/aromatic N) is 5. The van der Waals surface area contributed by atoms with Crippen molar-refractivity contribution >= 4 is 53.8 Å². The molecular weight excluding hydrogens is 536 g/mol. The van der Waals surface area contributed by atoms with Crippen molar-refractivity contribution in [2.24, 2.45) is 9.85 Å². The Bertz CT molecular complexity index is 1500. The van der Waals surface area contributed by atoms with Crippen LogP contribution in [0.15, 0.2) is 93.7 Å². The minimum absolute atomic E-state index is 0.259. The van der Waals surface area contributed by atoms with Gasteiger partial charge in [-0.05, 0) is 42.0 Å². The summed E-state index contributed by atoms with van der Waals surface area (Å²) in [7, 11) is -0.596. The van der Waals surface area contributed by atoms with Crippen LogP contribution >= 0.6 is 30.6 Å². The summed E-state index contributed by atoms with van der Waals surface area (Å²) in [5, 5.41) is 7.37. The Morgan fingerprint density at radius 3 is 2.39 bits per heavy atom. The van der Waals surface area contributed by atoms with Crippen molar-refractivity contribution in [3.05, 3.63) is 99.4 Å². The van der Waals surface area contributed by atoms with E-state index in [-0.39, 0.29) is 5.41 Å². The van der Waals surface area contributed by atoms with Crippen LogP contribution in [0.5, 0.6) is 0 Å². The summed E-state index contributed by atoms with van der Waals surface area (Å²) in [5.41, 5.74) is 5.08. The first-order chi connectivity index (χ1) is 18.3. The quantitative estimate of drug-likeness (QED) is 0.300. The van der Waals surface area contributed by atoms with Crippen molar-refractivity contribution in [1.29, 1.82) is 0 Å². The number of benzene rings is 3. The average Bonchev–Trinajstić information content (AvgIpc) is 3.39. The van der Waals surface area contributed by atoms with Crippen molar-refractivity contribution in [1.82, 2.24) is 4.67 Å². The summed E-state index contributed by atoms with van der Waals surface area (Å²) in [4.78, 5) is 2.31. The second-order valence-electron chi connectivity index (χ2n) is 10.1. The minimum atomic E-state index is -2.74. The van der Waals surface area contributed by atoms with Crippen molar-refractivity contribution in [2.75, 3.05) is 43.0 Å². The van der Waals surface area contributed by atoms with Crippen LogP contribution < -0.4 is 9.68 Å². The van der Waals surface area contributed by atoms with E-state index < -0.39 is 7.36 Å². The van der Waals surface area contributed by atoms with Gasteiger partial charge in [0.25, 0.3) is 0 Å². The van der Waals surface area contributed by atoms with Gasteiger partial charge >= 0.3 is 0 Å². The number of ether oxygens (including phenoxy) is 1. The van der Waals surface area contributed by atoms with Crippen molar-refractivity contribution in [3.63, 3.8) is 0 Å². The number of anilines is 2. The average molecular weight is 566 g/mol. The van der Waals surface area contributed by atoms with Crippen LogP contribution in [0.2, 0.25) is 10.0 Å². The molecule has 6 rings (SSSR count). The molecule has 0 unspecified atom stereocenters. The molecule has 3 heterocycles. The second-order valence-corrected chi connectivity index (χ2v) is 13.7. The lowest BCUT2D eigenvalue weighted by Crippen LogP contribution is -2.38. The number of para-hydroxylation sites is 2. The number of morpholine rings is 1. The zero-order chi connectivity index (χ0) is 26.5. The summed E-state index contributed by atoms with van der Waals surface area (Å²) in [6.07, 6.45) is 2.03. The number of rotatable bonds is 3. The van der Waals surface area contributed by atoms with Crippen molar-refractivity contribution < 1.29 is 4.74 Å². The number of likely N-dealkylation sites (N-methyl/N-ethyl adjacent to an activating group) is 1. The van der Waals surface area contributed by atoms with Gasteiger partial charge in [-0.2, -0.15) is 5.10 Å². The Balaban J connectivity index is 1.71. The van der Waals surface area contributed by atoms with Gasteiger partial charge in [-0.25, -0.2) is 14.2 Å². The van der Waals surface area contributed by atoms with E-state index in [4.69, 9.17) is 37.8 Å². The number of hydrogen-bond acceptors (Lipinski definition) is 4. The lowest BCUT2D eigenvalue weighted by Gasteiger charge is -2.43. The Morgan fingerprint density at radius 2 is 1.66 bits per heavy atom. The Labute approximate surface area is 234 Å². The lowest BCUT2D eigenvalue weighted by atomic mass is 9.84. The van der Waals surface area contributed by atoms with Gasteiger partial charge in [0.05, 0.1) is 41.1 Å². The van der Waals surface area contributed by atoms with Gasteiger partial charge in [0.1, 0.15) is 0 Å². The Hall–Kier alpha value is -2.60. The summed E-state index contributed by atoms with van der Waals surface area (Å²) >= 11 is 13.2. The molecule has 3 aromatic carbocycles. The predicted octanol–water partition coefficient (Wildman–Crippen LogP) is 8.13. The maximum atomic E-state index is 6.77. The van der Waals surface area contributed by atoms with E-state index in [9.17, 15) is 0 Å². The molecule has 1 saturated heterocycles. The standard InChI is InChI=1S/C29H30Cl2N5OP/c1-29(2)23-11-7-8-12-26(23)34(3)28(29)27-20-32-36(22-9-5-4-6-10-22)38(27,35-15-17-37-18-16-35)33-25-19-21(30)13-14-24(25)31/h4-14,19-20H,15-18H2,1-3H3/b28-27+/t38-/m1/s1. The normalized spacial score (nSPS) is 24.7. The molecule has 0 aliphatic carbocycles. The van der Waals surface area contributed by atoms with Gasteiger partial charge < -0.3 is 9.64 Å². The van der Waals surface area contributed by atoms with Crippen LogP contribution in [0.1, 0.15) is 19.4 Å². The SMILES string of the molecule is CN1/C(=C2\C=NN(c3ccccc3)[P@]2(=Nc2cc(Cl)ccc2Cl)N2CCOCC2)C(C)(C)c2ccccc21. The predicted molar refractivity (Wildman–Crippen MR) is 160 cm³/mol. The van der Waals surface area contributed by atoms with Crippen LogP contribution in [0.4, 0.5) is 17.1 Å². The summed E-state index contributed by atoms with van der Waals surface area (Å²) < 4.78 is 16.0. The van der Waals surface area contributed by atoms with Crippen LogP contribution in [0, 0.1) is 0 Å². The van der Waals surface area contributed by atoms with Gasteiger partial charge in [-0.3, -0.25) is 0 Å². The van der Waals surface area contributed by atoms with E-state index in [1.807, 2.05) is 36.5 Å². The number of halogens is 2. The van der Waals surface area contributed by atoms with Crippen LogP contribution in [0.3, 0.4) is 0 Å². The number of hydrazone groups is 1. The first kappa shape index (κ1) is 25.7. The van der Waals surface area contributed by atoms with Crippen molar-refractivity contribution in [2.45, 2.75) is 19.3 Å². The molecule has 3 aliphatic rings. The molecule has 38 heavy (non-hydrogen) atoms. The molecule has 0 aromatic heterocycles. The molecular formula is C29H30Cl2N5OP. The molecule has 0 amide bonds. The first-order valence-electron chi connectivity index (χ1n) is 12.7. The highest BCUT2D eigenvalue weighted by Crippen LogP contribution is 2.71. The third-order valence-electron chi connectivity index (χ3n) is 7.51. The second kappa shape index (κ2) is 9.86. The highest BCUT2D eigenvalue weighted by molar-refractivity contribution is 7.71. The third kappa shape index (κ3) is 4.02. The fourth-order valence-corrected chi connectivity index (χ4v) is 9.99. The fourth-order valence-electron chi connectivity index (χ4n) is 5.78. The van der Waals surface area contributed by atoms with E-state index >= 15 is 0 Å². The maximum absolute atomic E-state index is 6.77. The molecule has 1 atom stereocenters. The van der Waals surface area contributed by atoms with E-state index in [1.165, 1.54) is 16.9 Å². The molecule has 0 N–H and O–H groups in total. The van der Waals surface area contributed by atoms with Crippen LogP contribution in [0.25, 0.3) is 0 Å². The summed E-state index contributed by atoms with van der Waals surface area (Å²) in [6.45, 7) is 7.30. The molecule has 196 valence electrons. The molecule has 3 aromatic rings. The van der Waals surface area contributed by atoms with E-state index in [2.05, 4.69) is 71.6 Å². The fraction of sp³-hybridized carbons (Fsp3) is 0.276. The van der Waals surface area contributed by atoms with Gasteiger partial charge in [-0.1, -0.05) is 73.4 Å². The zero-order valence-electron chi connectivity index (χ0n) is 21.7. The highest BCUT2D eigenvalue weighted by Gasteiger charge is 2.50. The van der Waals surface area contributed by atoms with Gasteiger partial charge in [0, 0.05) is 42.0 Å². The van der Waals surface area contributed by atoms with Gasteiger partial charge in [0.15, 0.2) is 7.36 Å². The number of hydrogen-bond donors (Lipinski definition) is 0. The maximum Gasteiger partial charge on any atom is 0.180 e. The summed E-state index contributed by atoms with van der Waals surface area (Å²) in [5.74, 6) is 0. The lowest BCUT2D eigenvalue weighted by molar-refractivity contribution is 0.0743. The van der Waals surface area contributed by atoms with E-state index in [0.29, 0.717) is 28.9 Å². The van der Waals surface area contributed by atoms with E-state index in [0.717, 1.165) is 24.1 Å². The monoisotopic (exact) mass is 565 g/mol. The minimum Gasteiger partial charge on any atom is -0.379 e. The molecule has 1 fully saturated rings. The molecule has 0 bridgehead atoms. The van der Waals surface area contributed by atoms with Crippen molar-refractivity contribution in [3.8, 4) is 0 Å². The molecule has 6 nitrogen and oxygen atoms in total. The van der Waals surface area contributed by atoms with Crippen LogP contribution in [-0.2, 0) is 10.2 Å². The zero-order valence-corrected chi connectivity index (χ0v) is 24.1. The molecule has 3 aliphatic heterocycles. The molecule has 0 saturated carbocycles. The third-order valence-corrected chi connectivity index (χ3v) is 11.6. The molecule has 0 radical (unpaired) electrons. The van der Waals surface area contributed by atoms with E-state index in [1.54, 1.807) is 6.07 Å². The Kier molecular flexibility index (Phi) is 6.66. The first-order valence-corrected chi connectivity index (χ1v) is 15.1. The molecule has 0 spiro atoms. The topological polar surface area (TPSA) is 43.7 Å². The summed E-state index contributed by atoms with van der Waals surface area (Å²) in [6, 6.07) is 24.4. The van der Waals surface area contributed by atoms with Gasteiger partial charge in [-0.15, -0.1) is 0 Å². The Morgan fingerprint density at radius 1 is 0.947 bits per heavy atom. The number of fused-ring (bicyclic) bond motifs is 1.